The zero-order valence-corrected chi connectivity index (χ0v) is 17.0. The predicted octanol–water partition coefficient (Wildman–Crippen LogP) is 2.78. The van der Waals surface area contributed by atoms with Crippen LogP contribution in [0.2, 0.25) is 5.02 Å². The minimum atomic E-state index is -3.35. The molecule has 3 rings (SSSR count). The van der Waals surface area contributed by atoms with Crippen molar-refractivity contribution in [1.29, 1.82) is 0 Å². The van der Waals surface area contributed by atoms with E-state index >= 15 is 0 Å². The van der Waals surface area contributed by atoms with Crippen LogP contribution in [0.3, 0.4) is 0 Å². The highest BCUT2D eigenvalue weighted by atomic mass is 35.5. The largest absolute Gasteiger partial charge is 0.466 e. The van der Waals surface area contributed by atoms with E-state index in [9.17, 15) is 13.2 Å². The van der Waals surface area contributed by atoms with Crippen molar-refractivity contribution in [1.82, 2.24) is 9.80 Å². The highest BCUT2D eigenvalue weighted by Crippen LogP contribution is 2.18. The minimum absolute atomic E-state index is 0.0298. The van der Waals surface area contributed by atoms with Gasteiger partial charge in [0.25, 0.3) is 5.91 Å². The van der Waals surface area contributed by atoms with Crippen LogP contribution in [0.4, 0.5) is 0 Å². The summed E-state index contributed by atoms with van der Waals surface area (Å²) >= 11 is 5.81. The number of amides is 1. The van der Waals surface area contributed by atoms with Crippen molar-refractivity contribution in [3.05, 3.63) is 52.4 Å². The Kier molecular flexibility index (Phi) is 5.93. The summed E-state index contributed by atoms with van der Waals surface area (Å²) in [5.41, 5.74) is 0.603. The highest BCUT2D eigenvalue weighted by molar-refractivity contribution is 7.91. The van der Waals surface area contributed by atoms with Gasteiger partial charge in [0.2, 0.25) is 0 Å². The van der Waals surface area contributed by atoms with Gasteiger partial charge in [0.1, 0.15) is 11.5 Å². The number of aryl methyl sites for hydroxylation is 2. The van der Waals surface area contributed by atoms with Gasteiger partial charge in [0, 0.05) is 37.7 Å². The molecule has 1 fully saturated rings. The highest BCUT2D eigenvalue weighted by Gasteiger charge is 2.25. The van der Waals surface area contributed by atoms with Crippen LogP contribution in [0, 0.1) is 13.8 Å². The first-order valence-electron chi connectivity index (χ1n) is 8.83. The second-order valence-electron chi connectivity index (χ2n) is 6.73. The molecule has 1 aliphatic rings. The lowest BCUT2D eigenvalue weighted by Gasteiger charge is -2.34. The van der Waals surface area contributed by atoms with Gasteiger partial charge < -0.3 is 9.32 Å². The quantitative estimate of drug-likeness (QED) is 0.758. The molecule has 6 nitrogen and oxygen atoms in total. The third kappa shape index (κ3) is 4.72. The maximum absolute atomic E-state index is 12.6. The second-order valence-corrected chi connectivity index (χ2v) is 9.28. The number of hydrogen-bond donors (Lipinski definition) is 0. The first-order valence-corrected chi connectivity index (χ1v) is 10.9. The number of hydrogen-bond acceptors (Lipinski definition) is 5. The topological polar surface area (TPSA) is 70.8 Å². The van der Waals surface area contributed by atoms with Crippen molar-refractivity contribution >= 4 is 27.3 Å². The minimum Gasteiger partial charge on any atom is -0.466 e. The molecule has 0 atom stereocenters. The van der Waals surface area contributed by atoms with Gasteiger partial charge in [-0.2, -0.15) is 0 Å². The molecule has 146 valence electrons. The molecule has 1 saturated heterocycles. The lowest BCUT2D eigenvalue weighted by atomic mass is 10.2. The Balaban J connectivity index is 1.53. The van der Waals surface area contributed by atoms with Crippen LogP contribution in [-0.4, -0.2) is 62.6 Å². The van der Waals surface area contributed by atoms with E-state index in [4.69, 9.17) is 16.0 Å². The number of benzene rings is 1. The van der Waals surface area contributed by atoms with E-state index in [0.29, 0.717) is 49.1 Å². The van der Waals surface area contributed by atoms with E-state index in [0.717, 1.165) is 5.76 Å². The Morgan fingerprint density at radius 1 is 1.11 bits per heavy atom. The molecular formula is C19H23ClN2O4S. The Morgan fingerprint density at radius 3 is 2.30 bits per heavy atom. The Hall–Kier alpha value is -1.83. The SMILES string of the molecule is Cc1cc(C(=O)N2CCN(CCS(=O)(=O)c3ccc(Cl)cc3)CC2)c(C)o1. The third-order valence-electron chi connectivity index (χ3n) is 4.78. The number of nitrogens with zero attached hydrogens (tertiary/aromatic N) is 2. The summed E-state index contributed by atoms with van der Waals surface area (Å²) < 4.78 is 30.3. The lowest BCUT2D eigenvalue weighted by molar-refractivity contribution is 0.0642. The predicted molar refractivity (Wildman–Crippen MR) is 104 cm³/mol. The first-order chi connectivity index (χ1) is 12.8. The summed E-state index contributed by atoms with van der Waals surface area (Å²) in [5.74, 6) is 1.37. The summed E-state index contributed by atoms with van der Waals surface area (Å²) in [6.45, 7) is 6.50. The van der Waals surface area contributed by atoms with Crippen LogP contribution < -0.4 is 0 Å². The number of rotatable bonds is 5. The van der Waals surface area contributed by atoms with Crippen molar-refractivity contribution in [3.8, 4) is 0 Å². The number of sulfone groups is 1. The van der Waals surface area contributed by atoms with Crippen molar-refractivity contribution < 1.29 is 17.6 Å². The van der Waals surface area contributed by atoms with Gasteiger partial charge in [0.15, 0.2) is 9.84 Å². The number of halogens is 1. The fourth-order valence-electron chi connectivity index (χ4n) is 3.20. The molecule has 0 bridgehead atoms. The molecule has 1 aromatic heterocycles. The monoisotopic (exact) mass is 410 g/mol. The lowest BCUT2D eigenvalue weighted by Crippen LogP contribution is -2.49. The maximum atomic E-state index is 12.6. The van der Waals surface area contributed by atoms with E-state index in [-0.39, 0.29) is 16.6 Å². The molecule has 2 aromatic rings. The molecule has 1 aliphatic heterocycles. The summed E-state index contributed by atoms with van der Waals surface area (Å²) in [7, 11) is -3.35. The van der Waals surface area contributed by atoms with E-state index in [2.05, 4.69) is 4.90 Å². The Labute approximate surface area is 164 Å². The van der Waals surface area contributed by atoms with Gasteiger partial charge in [-0.05, 0) is 44.2 Å². The smallest absolute Gasteiger partial charge is 0.257 e. The molecule has 0 N–H and O–H groups in total. The molecule has 8 heteroatoms. The van der Waals surface area contributed by atoms with E-state index in [1.807, 2.05) is 6.92 Å². The maximum Gasteiger partial charge on any atom is 0.257 e. The van der Waals surface area contributed by atoms with E-state index in [1.54, 1.807) is 30.0 Å². The van der Waals surface area contributed by atoms with Crippen molar-refractivity contribution in [3.63, 3.8) is 0 Å². The second kappa shape index (κ2) is 8.04. The summed E-state index contributed by atoms with van der Waals surface area (Å²) in [6.07, 6.45) is 0. The molecular weight excluding hydrogens is 388 g/mol. The molecule has 0 radical (unpaired) electrons. The van der Waals surface area contributed by atoms with E-state index in [1.165, 1.54) is 12.1 Å². The molecule has 0 spiro atoms. The van der Waals surface area contributed by atoms with Crippen LogP contribution in [0.25, 0.3) is 0 Å². The summed E-state index contributed by atoms with van der Waals surface area (Å²) in [4.78, 5) is 16.8. The number of carbonyl (C=O) groups is 1. The van der Waals surface area contributed by atoms with Crippen LogP contribution in [0.1, 0.15) is 21.9 Å². The molecule has 1 amide bonds. The van der Waals surface area contributed by atoms with Gasteiger partial charge in [0.05, 0.1) is 16.2 Å². The van der Waals surface area contributed by atoms with Gasteiger partial charge in [-0.15, -0.1) is 0 Å². The fraction of sp³-hybridized carbons (Fsp3) is 0.421. The molecule has 2 heterocycles. The van der Waals surface area contributed by atoms with Crippen molar-refractivity contribution in [2.45, 2.75) is 18.7 Å². The van der Waals surface area contributed by atoms with Gasteiger partial charge >= 0.3 is 0 Å². The number of carbonyl (C=O) groups excluding carboxylic acids is 1. The zero-order chi connectivity index (χ0) is 19.6. The van der Waals surface area contributed by atoms with Crippen molar-refractivity contribution in [2.75, 3.05) is 38.5 Å². The van der Waals surface area contributed by atoms with Crippen LogP contribution in [0.15, 0.2) is 39.6 Å². The molecule has 0 aliphatic carbocycles. The number of piperazine rings is 1. The zero-order valence-electron chi connectivity index (χ0n) is 15.4. The van der Waals surface area contributed by atoms with Crippen LogP contribution in [-0.2, 0) is 9.84 Å². The van der Waals surface area contributed by atoms with Crippen LogP contribution >= 0.6 is 11.6 Å². The normalized spacial score (nSPS) is 15.9. The molecule has 0 unspecified atom stereocenters. The first kappa shape index (κ1) is 19.9. The third-order valence-corrected chi connectivity index (χ3v) is 6.74. The summed E-state index contributed by atoms with van der Waals surface area (Å²) in [5, 5.41) is 0.512. The molecule has 27 heavy (non-hydrogen) atoms. The van der Waals surface area contributed by atoms with Crippen LogP contribution in [0.5, 0.6) is 0 Å². The van der Waals surface area contributed by atoms with Gasteiger partial charge in [-0.25, -0.2) is 8.42 Å². The average Bonchev–Trinajstić information content (AvgIpc) is 2.98. The van der Waals surface area contributed by atoms with Crippen molar-refractivity contribution in [2.24, 2.45) is 0 Å². The van der Waals surface area contributed by atoms with Gasteiger partial charge in [-0.3, -0.25) is 9.69 Å². The number of furan rings is 1. The standard InChI is InChI=1S/C19H23ClN2O4S/c1-14-13-18(15(2)26-14)19(23)22-9-7-21(8-10-22)11-12-27(24,25)17-5-3-16(20)4-6-17/h3-6,13H,7-12H2,1-2H3. The van der Waals surface area contributed by atoms with Gasteiger partial charge in [-0.1, -0.05) is 11.6 Å². The molecule has 0 saturated carbocycles. The summed E-state index contributed by atoms with van der Waals surface area (Å²) in [6, 6.07) is 7.99. The average molecular weight is 411 g/mol. The Morgan fingerprint density at radius 2 is 1.74 bits per heavy atom. The fourth-order valence-corrected chi connectivity index (χ4v) is 4.61. The molecule has 1 aromatic carbocycles. The van der Waals surface area contributed by atoms with E-state index < -0.39 is 9.84 Å². The Bertz CT molecular complexity index is 914.